The van der Waals surface area contributed by atoms with Crippen molar-refractivity contribution < 1.29 is 28.4 Å². The predicted octanol–water partition coefficient (Wildman–Crippen LogP) is 5.62. The lowest BCUT2D eigenvalue weighted by Crippen LogP contribution is -2.33. The third kappa shape index (κ3) is 14.3. The van der Waals surface area contributed by atoms with Gasteiger partial charge in [0.1, 0.15) is 0 Å². The number of hydrogen-bond acceptors (Lipinski definition) is 6. The number of methoxy groups -OCH3 is 1. The van der Waals surface area contributed by atoms with Gasteiger partial charge in [-0.05, 0) is 48.4 Å². The number of benzene rings is 1. The van der Waals surface area contributed by atoms with Crippen LogP contribution in [-0.4, -0.2) is 45.8 Å². The summed E-state index contributed by atoms with van der Waals surface area (Å²) in [6.45, 7) is 2.35. The van der Waals surface area contributed by atoms with Crippen molar-refractivity contribution in [2.45, 2.75) is 77.7 Å². The molecule has 0 fully saturated rings. The normalized spacial score (nSPS) is 11.1. The fraction of sp³-hybridized carbons (Fsp3) is 0.556. The maximum absolute atomic E-state index is 12.8. The maximum atomic E-state index is 12.8. The molecular weight excluding hydrogens is 493 g/mol. The van der Waals surface area contributed by atoms with Crippen LogP contribution in [0.2, 0.25) is 0 Å². The van der Waals surface area contributed by atoms with E-state index in [2.05, 4.69) is 40.7 Å². The number of hydrogen-bond donors (Lipinski definition) is 3. The van der Waals surface area contributed by atoms with Crippen molar-refractivity contribution in [3.8, 4) is 5.88 Å². The van der Waals surface area contributed by atoms with Gasteiger partial charge in [0.05, 0.1) is 13.7 Å². The second kappa shape index (κ2) is 18.0. The number of nitrogens with zero attached hydrogens (tertiary/aromatic N) is 2. The Morgan fingerprint density at radius 1 is 0.946 bits per heavy atom. The van der Waals surface area contributed by atoms with E-state index in [1.54, 1.807) is 23.2 Å². The molecule has 0 aliphatic carbocycles. The minimum absolute atomic E-state index is 0. The molecule has 0 atom stereocenters. The third-order valence-electron chi connectivity index (χ3n) is 6.02. The van der Waals surface area contributed by atoms with E-state index in [-0.39, 0.29) is 25.2 Å². The molecule has 2 rings (SSSR count). The van der Waals surface area contributed by atoms with Crippen LogP contribution in [0.4, 0.5) is 0 Å². The number of amides is 1. The Balaban J connectivity index is 0.00000684. The Hall–Kier alpha value is -2.29. The number of ether oxygens (including phenoxy) is 1. The molecule has 0 aliphatic heterocycles. The standard InChI is InChI=1S/C27H41N2O6P.H3N/c1-3-10-23-13-15-24(16-14-23)11-8-6-4-5-7-9-12-27(30)29(19-20-35-36(31,32)33)22-25-17-18-28-26(21-25)34-2;/h13-18,21H,3-12,19-20,22H2,1-2H3,(H2,31,32,33);1H3. The number of phosphoric acid groups is 1. The van der Waals surface area contributed by atoms with Crippen LogP contribution < -0.4 is 10.9 Å². The second-order valence-corrected chi connectivity index (χ2v) is 10.3. The lowest BCUT2D eigenvalue weighted by molar-refractivity contribution is -0.132. The van der Waals surface area contributed by atoms with Gasteiger partial charge < -0.3 is 25.6 Å². The molecule has 0 unspecified atom stereocenters. The van der Waals surface area contributed by atoms with E-state index in [1.807, 2.05) is 0 Å². The quantitative estimate of drug-likeness (QED) is 0.164. The van der Waals surface area contributed by atoms with E-state index in [1.165, 1.54) is 37.5 Å². The van der Waals surface area contributed by atoms with Crippen LogP contribution in [0, 0.1) is 0 Å². The smallest absolute Gasteiger partial charge is 0.469 e. The molecule has 1 aromatic carbocycles. The van der Waals surface area contributed by atoms with Gasteiger partial charge in [-0.3, -0.25) is 9.32 Å². The lowest BCUT2D eigenvalue weighted by atomic mass is 10.0. The van der Waals surface area contributed by atoms with Gasteiger partial charge in [-0.15, -0.1) is 0 Å². The highest BCUT2D eigenvalue weighted by atomic mass is 31.2. The summed E-state index contributed by atoms with van der Waals surface area (Å²) in [5.41, 5.74) is 3.63. The molecule has 1 amide bonds. The van der Waals surface area contributed by atoms with Crippen LogP contribution >= 0.6 is 7.82 Å². The van der Waals surface area contributed by atoms with Crippen LogP contribution in [0.15, 0.2) is 42.6 Å². The lowest BCUT2D eigenvalue weighted by Gasteiger charge is -2.23. The van der Waals surface area contributed by atoms with E-state index in [0.29, 0.717) is 18.8 Å². The average molecular weight is 538 g/mol. The number of rotatable bonds is 18. The first-order valence-electron chi connectivity index (χ1n) is 12.9. The summed E-state index contributed by atoms with van der Waals surface area (Å²) in [5.74, 6) is 0.381. The summed E-state index contributed by atoms with van der Waals surface area (Å²) in [4.78, 5) is 36.4. The topological polar surface area (TPSA) is 144 Å². The molecule has 0 radical (unpaired) electrons. The average Bonchev–Trinajstić information content (AvgIpc) is 2.85. The maximum Gasteiger partial charge on any atom is 0.469 e. The molecule has 2 aromatic rings. The highest BCUT2D eigenvalue weighted by Crippen LogP contribution is 2.35. The summed E-state index contributed by atoms with van der Waals surface area (Å²) in [6, 6.07) is 12.5. The van der Waals surface area contributed by atoms with E-state index in [9.17, 15) is 9.36 Å². The highest BCUT2D eigenvalue weighted by molar-refractivity contribution is 7.46. The Morgan fingerprint density at radius 2 is 1.57 bits per heavy atom. The predicted molar refractivity (Wildman–Crippen MR) is 146 cm³/mol. The molecule has 1 aromatic heterocycles. The number of unbranched alkanes of at least 4 members (excludes halogenated alkanes) is 5. The van der Waals surface area contributed by atoms with E-state index < -0.39 is 7.82 Å². The van der Waals surface area contributed by atoms with Gasteiger partial charge in [0, 0.05) is 31.8 Å². The van der Waals surface area contributed by atoms with Gasteiger partial charge in [-0.25, -0.2) is 9.55 Å². The number of aryl methyl sites for hydroxylation is 2. The zero-order valence-corrected chi connectivity index (χ0v) is 23.2. The van der Waals surface area contributed by atoms with Crippen molar-refractivity contribution in [2.24, 2.45) is 0 Å². The molecule has 9 nitrogen and oxygen atoms in total. The molecular formula is C27H44N3O6P. The molecule has 0 bridgehead atoms. The van der Waals surface area contributed by atoms with Gasteiger partial charge >= 0.3 is 7.82 Å². The number of phosphoric ester groups is 1. The molecule has 37 heavy (non-hydrogen) atoms. The number of carbonyl (C=O) groups is 1. The van der Waals surface area contributed by atoms with Crippen molar-refractivity contribution in [1.82, 2.24) is 16.0 Å². The van der Waals surface area contributed by atoms with Crippen molar-refractivity contribution in [1.29, 1.82) is 0 Å². The Bertz CT molecular complexity index is 951. The largest absolute Gasteiger partial charge is 0.481 e. The molecule has 0 spiro atoms. The van der Waals surface area contributed by atoms with Gasteiger partial charge in [0.25, 0.3) is 0 Å². The summed E-state index contributed by atoms with van der Waals surface area (Å²) < 4.78 is 20.7. The minimum atomic E-state index is -4.58. The molecule has 0 aliphatic rings. The van der Waals surface area contributed by atoms with Crippen LogP contribution in [0.5, 0.6) is 5.88 Å². The van der Waals surface area contributed by atoms with Crippen molar-refractivity contribution in [2.75, 3.05) is 20.3 Å². The van der Waals surface area contributed by atoms with Crippen molar-refractivity contribution >= 4 is 13.7 Å². The first kappa shape index (κ1) is 32.7. The van der Waals surface area contributed by atoms with Crippen molar-refractivity contribution in [3.63, 3.8) is 0 Å². The van der Waals surface area contributed by atoms with Crippen LogP contribution in [0.1, 0.15) is 75.0 Å². The Kier molecular flexibility index (Phi) is 16.0. The zero-order valence-electron chi connectivity index (χ0n) is 22.3. The number of aromatic nitrogens is 1. The SMILES string of the molecule is CCCc1ccc(CCCCCCCCC(=O)N(CCOP(=O)(O)O)Cc2ccnc(OC)c2)cc1.N. The molecule has 208 valence electrons. The first-order valence-corrected chi connectivity index (χ1v) is 14.4. The first-order chi connectivity index (χ1) is 17.3. The fourth-order valence-electron chi connectivity index (χ4n) is 4.07. The van der Waals surface area contributed by atoms with Crippen LogP contribution in [-0.2, 0) is 33.3 Å². The second-order valence-electron chi connectivity index (χ2n) is 9.03. The summed E-state index contributed by atoms with van der Waals surface area (Å²) >= 11 is 0. The van der Waals surface area contributed by atoms with Crippen molar-refractivity contribution in [3.05, 3.63) is 59.3 Å². The summed E-state index contributed by atoms with van der Waals surface area (Å²) in [5, 5.41) is 0. The molecule has 0 saturated carbocycles. The van der Waals surface area contributed by atoms with Crippen LogP contribution in [0.25, 0.3) is 0 Å². The zero-order chi connectivity index (χ0) is 26.2. The number of carbonyl (C=O) groups excluding carboxylic acids is 1. The van der Waals surface area contributed by atoms with Crippen LogP contribution in [0.3, 0.4) is 0 Å². The van der Waals surface area contributed by atoms with E-state index in [4.69, 9.17) is 14.5 Å². The minimum Gasteiger partial charge on any atom is -0.481 e. The van der Waals surface area contributed by atoms with Gasteiger partial charge in [-0.2, -0.15) is 0 Å². The number of pyridine rings is 1. The molecule has 0 saturated heterocycles. The fourth-order valence-corrected chi connectivity index (χ4v) is 4.39. The molecule has 10 heteroatoms. The van der Waals surface area contributed by atoms with E-state index in [0.717, 1.165) is 44.1 Å². The summed E-state index contributed by atoms with van der Waals surface area (Å²) in [6.07, 6.45) is 11.8. The van der Waals surface area contributed by atoms with E-state index >= 15 is 0 Å². The molecule has 5 N–H and O–H groups in total. The Labute approximate surface area is 221 Å². The Morgan fingerprint density at radius 3 is 2.19 bits per heavy atom. The van der Waals surface area contributed by atoms with Gasteiger partial charge in [0.15, 0.2) is 0 Å². The van der Waals surface area contributed by atoms with Gasteiger partial charge in [-0.1, -0.05) is 63.3 Å². The summed E-state index contributed by atoms with van der Waals surface area (Å²) in [7, 11) is -3.06. The third-order valence-corrected chi connectivity index (χ3v) is 6.54. The monoisotopic (exact) mass is 537 g/mol. The van der Waals surface area contributed by atoms with Gasteiger partial charge in [0.2, 0.25) is 11.8 Å². The highest BCUT2D eigenvalue weighted by Gasteiger charge is 2.18. The molecule has 1 heterocycles.